The Balaban J connectivity index is 3.33. The Labute approximate surface area is 200 Å². The Morgan fingerprint density at radius 1 is 0.844 bits per heavy atom. The minimum Gasteiger partial charge on any atom is -0.414 e. The third-order valence-electron chi connectivity index (χ3n) is 7.51. The van der Waals surface area contributed by atoms with Crippen molar-refractivity contribution in [3.8, 4) is 0 Å². The van der Waals surface area contributed by atoms with Crippen molar-refractivity contribution in [3.05, 3.63) is 30.3 Å². The van der Waals surface area contributed by atoms with Crippen LogP contribution in [0.2, 0.25) is 36.3 Å². The second-order valence-corrected chi connectivity index (χ2v) is 24.1. The standard InChI is InChI=1S/C25H48O4SSi2/c1-20(2)22(19-30(26,27)21-16-14-13-15-17-21)23(29-32(11,12)25(6,7)8)18-28-31(9,10)24(3,4)5/h13-17,20,22-23H,18-19H2,1-12H3/t22-,23+/m0/s1. The van der Waals surface area contributed by atoms with E-state index in [-0.39, 0.29) is 33.8 Å². The monoisotopic (exact) mass is 500 g/mol. The van der Waals surface area contributed by atoms with Crippen LogP contribution < -0.4 is 0 Å². The van der Waals surface area contributed by atoms with Gasteiger partial charge in [-0.25, -0.2) is 8.42 Å². The van der Waals surface area contributed by atoms with Gasteiger partial charge in [-0.3, -0.25) is 0 Å². The normalized spacial score (nSPS) is 16.3. The zero-order valence-corrected chi connectivity index (χ0v) is 25.4. The van der Waals surface area contributed by atoms with Gasteiger partial charge in [0.15, 0.2) is 26.5 Å². The van der Waals surface area contributed by atoms with Crippen LogP contribution in [-0.4, -0.2) is 43.5 Å². The molecular weight excluding hydrogens is 453 g/mol. The molecule has 32 heavy (non-hydrogen) atoms. The summed E-state index contributed by atoms with van der Waals surface area (Å²) in [4.78, 5) is 0.377. The molecule has 0 aliphatic carbocycles. The van der Waals surface area contributed by atoms with Crippen molar-refractivity contribution in [1.82, 2.24) is 0 Å². The van der Waals surface area contributed by atoms with E-state index in [9.17, 15) is 8.42 Å². The summed E-state index contributed by atoms with van der Waals surface area (Å²) in [7, 11) is -7.57. The average molecular weight is 501 g/mol. The first-order valence-corrected chi connectivity index (χ1v) is 19.3. The first-order valence-electron chi connectivity index (χ1n) is 11.8. The minimum atomic E-state index is -3.43. The lowest BCUT2D eigenvalue weighted by Gasteiger charge is -2.44. The third-order valence-corrected chi connectivity index (χ3v) is 18.3. The summed E-state index contributed by atoms with van der Waals surface area (Å²) in [5, 5.41) is 0.111. The van der Waals surface area contributed by atoms with Gasteiger partial charge < -0.3 is 8.85 Å². The second-order valence-electron chi connectivity index (χ2n) is 12.5. The van der Waals surface area contributed by atoms with Crippen molar-refractivity contribution in [3.63, 3.8) is 0 Å². The van der Waals surface area contributed by atoms with Crippen LogP contribution in [0.4, 0.5) is 0 Å². The van der Waals surface area contributed by atoms with Crippen LogP contribution in [0.25, 0.3) is 0 Å². The van der Waals surface area contributed by atoms with E-state index in [2.05, 4.69) is 81.6 Å². The maximum absolute atomic E-state index is 13.3. The maximum atomic E-state index is 13.3. The quantitative estimate of drug-likeness (QED) is 0.320. The van der Waals surface area contributed by atoms with Gasteiger partial charge in [-0.15, -0.1) is 0 Å². The first-order chi connectivity index (χ1) is 14.2. The smallest absolute Gasteiger partial charge is 0.192 e. The highest BCUT2D eigenvalue weighted by Crippen LogP contribution is 2.41. The van der Waals surface area contributed by atoms with E-state index in [0.717, 1.165) is 0 Å². The Hall–Kier alpha value is -0.476. The second kappa shape index (κ2) is 10.4. The first kappa shape index (κ1) is 29.6. The predicted octanol–water partition coefficient (Wildman–Crippen LogP) is 7.14. The summed E-state index contributed by atoms with van der Waals surface area (Å²) in [6, 6.07) is 8.77. The molecule has 0 spiro atoms. The van der Waals surface area contributed by atoms with Crippen molar-refractivity contribution >= 4 is 26.5 Å². The molecule has 0 aromatic heterocycles. The summed E-state index contributed by atoms with van der Waals surface area (Å²) < 4.78 is 40.1. The molecule has 7 heteroatoms. The molecule has 0 N–H and O–H groups in total. The molecular formula is C25H48O4SSi2. The van der Waals surface area contributed by atoms with E-state index in [4.69, 9.17) is 8.85 Å². The summed E-state index contributed by atoms with van der Waals surface area (Å²) >= 11 is 0. The van der Waals surface area contributed by atoms with Gasteiger partial charge in [0.25, 0.3) is 0 Å². The van der Waals surface area contributed by atoms with Crippen LogP contribution in [0, 0.1) is 11.8 Å². The van der Waals surface area contributed by atoms with E-state index in [0.29, 0.717) is 11.5 Å². The summed E-state index contributed by atoms with van der Waals surface area (Å²) in [6.07, 6.45) is -0.261. The molecule has 1 aromatic rings. The molecule has 0 heterocycles. The van der Waals surface area contributed by atoms with Gasteiger partial charge in [-0.05, 0) is 54.3 Å². The lowest BCUT2D eigenvalue weighted by atomic mass is 9.92. The maximum Gasteiger partial charge on any atom is 0.192 e. The van der Waals surface area contributed by atoms with Crippen LogP contribution in [0.15, 0.2) is 35.2 Å². The van der Waals surface area contributed by atoms with Gasteiger partial charge in [0, 0.05) is 5.92 Å². The van der Waals surface area contributed by atoms with Crippen molar-refractivity contribution in [1.29, 1.82) is 0 Å². The van der Waals surface area contributed by atoms with Gasteiger partial charge >= 0.3 is 0 Å². The minimum absolute atomic E-state index is 0.0298. The van der Waals surface area contributed by atoms with Crippen LogP contribution >= 0.6 is 0 Å². The molecule has 0 aliphatic heterocycles. The topological polar surface area (TPSA) is 52.6 Å². The fourth-order valence-corrected chi connectivity index (χ4v) is 7.25. The molecule has 1 aromatic carbocycles. The molecule has 0 bridgehead atoms. The third kappa shape index (κ3) is 7.79. The van der Waals surface area contributed by atoms with Gasteiger partial charge in [0.05, 0.1) is 23.4 Å². The van der Waals surface area contributed by atoms with Crippen molar-refractivity contribution in [2.45, 2.75) is 103 Å². The number of benzene rings is 1. The Bertz CT molecular complexity index is 820. The van der Waals surface area contributed by atoms with Crippen molar-refractivity contribution in [2.24, 2.45) is 11.8 Å². The molecule has 0 fully saturated rings. The largest absolute Gasteiger partial charge is 0.414 e. The SMILES string of the molecule is CC(C)[C@H](CS(=O)(=O)c1ccccc1)[C@@H](CO[Si](C)(C)C(C)(C)C)O[Si](C)(C)C(C)(C)C. The highest BCUT2D eigenvalue weighted by Gasteiger charge is 2.44. The van der Waals surface area contributed by atoms with E-state index < -0.39 is 26.5 Å². The summed E-state index contributed by atoms with van der Waals surface area (Å²) in [5.41, 5.74) is 0. The van der Waals surface area contributed by atoms with Crippen LogP contribution in [-0.2, 0) is 18.7 Å². The zero-order valence-electron chi connectivity index (χ0n) is 22.6. The Kier molecular flexibility index (Phi) is 9.63. The van der Waals surface area contributed by atoms with Crippen LogP contribution in [0.3, 0.4) is 0 Å². The summed E-state index contributed by atoms with van der Waals surface area (Å²) in [5.74, 6) is 0.0554. The zero-order chi connectivity index (χ0) is 25.2. The molecule has 186 valence electrons. The van der Waals surface area contributed by atoms with E-state index in [1.165, 1.54) is 0 Å². The fraction of sp³-hybridized carbons (Fsp3) is 0.760. The molecule has 0 unspecified atom stereocenters. The highest BCUT2D eigenvalue weighted by atomic mass is 32.2. The van der Waals surface area contributed by atoms with Crippen LogP contribution in [0.5, 0.6) is 0 Å². The lowest BCUT2D eigenvalue weighted by Crippen LogP contribution is -2.51. The van der Waals surface area contributed by atoms with Crippen LogP contribution in [0.1, 0.15) is 55.4 Å². The number of hydrogen-bond acceptors (Lipinski definition) is 4. The van der Waals surface area contributed by atoms with E-state index >= 15 is 0 Å². The van der Waals surface area contributed by atoms with E-state index in [1.807, 2.05) is 6.07 Å². The Morgan fingerprint density at radius 3 is 1.72 bits per heavy atom. The molecule has 2 atom stereocenters. The predicted molar refractivity (Wildman–Crippen MR) is 142 cm³/mol. The molecule has 1 rings (SSSR count). The molecule has 0 saturated heterocycles. The summed E-state index contributed by atoms with van der Waals surface area (Å²) in [6.45, 7) is 26.9. The number of hydrogen-bond donors (Lipinski definition) is 0. The molecule has 0 saturated carbocycles. The Morgan fingerprint density at radius 2 is 1.31 bits per heavy atom. The molecule has 4 nitrogen and oxygen atoms in total. The lowest BCUT2D eigenvalue weighted by molar-refractivity contribution is 0.0509. The molecule has 0 aliphatic rings. The molecule has 0 radical (unpaired) electrons. The average Bonchev–Trinajstić information content (AvgIpc) is 2.62. The number of rotatable bonds is 10. The van der Waals surface area contributed by atoms with Gasteiger partial charge in [0.2, 0.25) is 0 Å². The fourth-order valence-electron chi connectivity index (χ4n) is 3.01. The van der Waals surface area contributed by atoms with Gasteiger partial charge in [-0.1, -0.05) is 73.6 Å². The van der Waals surface area contributed by atoms with Crippen molar-refractivity contribution in [2.75, 3.05) is 12.4 Å². The highest BCUT2D eigenvalue weighted by molar-refractivity contribution is 7.91. The number of sulfone groups is 1. The van der Waals surface area contributed by atoms with Gasteiger partial charge in [0.1, 0.15) is 0 Å². The van der Waals surface area contributed by atoms with Crippen molar-refractivity contribution < 1.29 is 17.3 Å². The van der Waals surface area contributed by atoms with Gasteiger partial charge in [-0.2, -0.15) is 0 Å². The van der Waals surface area contributed by atoms with E-state index in [1.54, 1.807) is 24.3 Å². The molecule has 0 amide bonds.